The molecule has 2 aromatic heterocycles. The number of aryl methyl sites for hydroxylation is 1. The third-order valence-corrected chi connectivity index (χ3v) is 10.1. The standard InChI is InChI=1S/C31H32Cl2O9S2/c1-15(30(35)36)6-7-17-11-18-23(43-17)13-21(39-3)28(26(18)32)41-8-5-9-42-29-22(40-4)14-24-19(27(29)33)12-25(44-24)20(34)10-16(2)31(37)38/h11-16H,5-10H2,1-4H3,(H,35,36)(H,37,38)/t15-,16-/m0/s1. The number of fused-ring (bicyclic) bond motifs is 2. The van der Waals surface area contributed by atoms with Crippen LogP contribution in [0.25, 0.3) is 20.2 Å². The van der Waals surface area contributed by atoms with Gasteiger partial charge in [-0.1, -0.05) is 37.0 Å². The van der Waals surface area contributed by atoms with E-state index in [1.54, 1.807) is 30.4 Å². The first-order valence-corrected chi connectivity index (χ1v) is 16.2. The molecule has 0 fully saturated rings. The molecule has 2 aromatic carbocycles. The lowest BCUT2D eigenvalue weighted by atomic mass is 10.0. The van der Waals surface area contributed by atoms with Crippen molar-refractivity contribution in [3.05, 3.63) is 44.1 Å². The summed E-state index contributed by atoms with van der Waals surface area (Å²) in [6.45, 7) is 3.68. The number of halogens is 2. The number of methoxy groups -OCH3 is 2. The maximum Gasteiger partial charge on any atom is 0.306 e. The summed E-state index contributed by atoms with van der Waals surface area (Å²) >= 11 is 16.2. The average Bonchev–Trinajstić information content (AvgIpc) is 3.61. The molecule has 4 rings (SSSR count). The Morgan fingerprint density at radius 2 is 1.32 bits per heavy atom. The van der Waals surface area contributed by atoms with Crippen LogP contribution in [-0.4, -0.2) is 55.4 Å². The Balaban J connectivity index is 1.42. The number of aliphatic carboxylic acids is 2. The molecule has 13 heteroatoms. The van der Waals surface area contributed by atoms with Crippen LogP contribution in [0.15, 0.2) is 24.3 Å². The van der Waals surface area contributed by atoms with Crippen LogP contribution < -0.4 is 18.9 Å². The van der Waals surface area contributed by atoms with Gasteiger partial charge in [-0.2, -0.15) is 0 Å². The van der Waals surface area contributed by atoms with Gasteiger partial charge in [0.15, 0.2) is 28.8 Å². The van der Waals surface area contributed by atoms with E-state index in [2.05, 4.69) is 0 Å². The van der Waals surface area contributed by atoms with Crippen LogP contribution in [0.2, 0.25) is 10.0 Å². The van der Waals surface area contributed by atoms with Gasteiger partial charge in [-0.15, -0.1) is 22.7 Å². The summed E-state index contributed by atoms with van der Waals surface area (Å²) < 4.78 is 24.7. The highest BCUT2D eigenvalue weighted by molar-refractivity contribution is 7.21. The van der Waals surface area contributed by atoms with E-state index in [1.165, 1.54) is 32.5 Å². The molecule has 2 heterocycles. The third kappa shape index (κ3) is 7.51. The van der Waals surface area contributed by atoms with E-state index >= 15 is 0 Å². The summed E-state index contributed by atoms with van der Waals surface area (Å²) in [5.41, 5.74) is 0. The Hall–Kier alpha value is -3.25. The number of Topliss-reactive ketones (excluding diaryl/α,β-unsaturated/α-hetero) is 1. The molecule has 2 atom stereocenters. The lowest BCUT2D eigenvalue weighted by molar-refractivity contribution is -0.142. The van der Waals surface area contributed by atoms with Crippen LogP contribution >= 0.6 is 45.9 Å². The number of hydrogen-bond donors (Lipinski definition) is 2. The smallest absolute Gasteiger partial charge is 0.306 e. The molecule has 0 aliphatic carbocycles. The Kier molecular flexibility index (Phi) is 11.2. The first-order chi connectivity index (χ1) is 20.9. The van der Waals surface area contributed by atoms with Gasteiger partial charge in [0.05, 0.1) is 54.2 Å². The molecule has 2 N–H and O–H groups in total. The van der Waals surface area contributed by atoms with Crippen molar-refractivity contribution in [2.24, 2.45) is 11.8 Å². The van der Waals surface area contributed by atoms with Gasteiger partial charge in [-0.3, -0.25) is 14.4 Å². The second-order valence-electron chi connectivity index (χ2n) is 10.3. The second kappa shape index (κ2) is 14.7. The summed E-state index contributed by atoms with van der Waals surface area (Å²) in [4.78, 5) is 36.4. The fourth-order valence-corrected chi connectivity index (χ4v) is 7.32. The summed E-state index contributed by atoms with van der Waals surface area (Å²) in [7, 11) is 3.03. The predicted octanol–water partition coefficient (Wildman–Crippen LogP) is 8.23. The number of rotatable bonds is 16. The van der Waals surface area contributed by atoms with Gasteiger partial charge in [0.25, 0.3) is 0 Å². The minimum absolute atomic E-state index is 0.109. The zero-order valence-electron chi connectivity index (χ0n) is 24.5. The van der Waals surface area contributed by atoms with Crippen LogP contribution in [0.5, 0.6) is 23.0 Å². The molecule has 0 aliphatic rings. The van der Waals surface area contributed by atoms with Crippen molar-refractivity contribution in [3.63, 3.8) is 0 Å². The number of carbonyl (C=O) groups is 3. The maximum absolute atomic E-state index is 12.7. The van der Waals surface area contributed by atoms with Crippen molar-refractivity contribution in [2.45, 2.75) is 39.5 Å². The van der Waals surface area contributed by atoms with Crippen LogP contribution in [0.4, 0.5) is 0 Å². The molecule has 0 saturated carbocycles. The van der Waals surface area contributed by atoms with Crippen molar-refractivity contribution >= 4 is 83.8 Å². The maximum atomic E-state index is 12.7. The zero-order valence-corrected chi connectivity index (χ0v) is 27.7. The molecule has 0 unspecified atom stereocenters. The highest BCUT2D eigenvalue weighted by Crippen LogP contribution is 2.46. The molecule has 0 radical (unpaired) electrons. The first-order valence-electron chi connectivity index (χ1n) is 13.8. The number of hydrogen-bond acceptors (Lipinski definition) is 9. The largest absolute Gasteiger partial charge is 0.493 e. The number of ether oxygens (including phenoxy) is 4. The van der Waals surface area contributed by atoms with E-state index in [9.17, 15) is 19.5 Å². The molecule has 0 saturated heterocycles. The third-order valence-electron chi connectivity index (χ3n) is 7.07. The predicted molar refractivity (Wildman–Crippen MR) is 173 cm³/mol. The van der Waals surface area contributed by atoms with Crippen LogP contribution in [-0.2, 0) is 16.0 Å². The van der Waals surface area contributed by atoms with Crippen molar-refractivity contribution in [1.29, 1.82) is 0 Å². The normalized spacial score (nSPS) is 12.7. The van der Waals surface area contributed by atoms with Gasteiger partial charge in [-0.05, 0) is 25.0 Å². The van der Waals surface area contributed by atoms with E-state index < -0.39 is 23.8 Å². The Labute approximate surface area is 272 Å². The van der Waals surface area contributed by atoms with E-state index in [0.29, 0.717) is 62.6 Å². The molecule has 0 aliphatic heterocycles. The molecule has 0 amide bonds. The number of carbonyl (C=O) groups excluding carboxylic acids is 1. The zero-order chi connectivity index (χ0) is 32.1. The number of thiophene rings is 2. The highest BCUT2D eigenvalue weighted by Gasteiger charge is 2.23. The minimum atomic E-state index is -1.03. The minimum Gasteiger partial charge on any atom is -0.493 e. The molecule has 4 aromatic rings. The molecular weight excluding hydrogens is 651 g/mol. The Morgan fingerprint density at radius 1 is 0.795 bits per heavy atom. The molecular formula is C31H32Cl2O9S2. The highest BCUT2D eigenvalue weighted by atomic mass is 35.5. The summed E-state index contributed by atoms with van der Waals surface area (Å²) in [6, 6.07) is 7.23. The second-order valence-corrected chi connectivity index (χ2v) is 13.3. The number of ketones is 1. The fourth-order valence-electron chi connectivity index (χ4n) is 4.44. The number of benzene rings is 2. The lowest BCUT2D eigenvalue weighted by Gasteiger charge is -2.15. The van der Waals surface area contributed by atoms with Crippen molar-refractivity contribution in [1.82, 2.24) is 0 Å². The van der Waals surface area contributed by atoms with E-state index in [1.807, 2.05) is 12.1 Å². The average molecular weight is 684 g/mol. The topological polar surface area (TPSA) is 129 Å². The van der Waals surface area contributed by atoms with Gasteiger partial charge in [-0.25, -0.2) is 0 Å². The van der Waals surface area contributed by atoms with Crippen molar-refractivity contribution in [2.75, 3.05) is 27.4 Å². The van der Waals surface area contributed by atoms with Gasteiger partial charge in [0.2, 0.25) is 0 Å². The Bertz CT molecular complexity index is 1690. The monoisotopic (exact) mass is 682 g/mol. The summed E-state index contributed by atoms with van der Waals surface area (Å²) in [5, 5.41) is 20.5. The van der Waals surface area contributed by atoms with Crippen LogP contribution in [0.1, 0.15) is 47.7 Å². The van der Waals surface area contributed by atoms with Gasteiger partial charge >= 0.3 is 11.9 Å². The number of carboxylic acid groups (broad SMARTS) is 2. The van der Waals surface area contributed by atoms with Crippen molar-refractivity contribution in [3.8, 4) is 23.0 Å². The van der Waals surface area contributed by atoms with E-state index in [0.717, 1.165) is 19.7 Å². The Morgan fingerprint density at radius 3 is 1.84 bits per heavy atom. The van der Waals surface area contributed by atoms with Crippen molar-refractivity contribution < 1.29 is 43.5 Å². The van der Waals surface area contributed by atoms with Gasteiger partial charge < -0.3 is 29.2 Å². The number of carboxylic acids is 2. The van der Waals surface area contributed by atoms with Gasteiger partial charge in [0.1, 0.15) is 0 Å². The van der Waals surface area contributed by atoms with Gasteiger partial charge in [0, 0.05) is 50.0 Å². The summed E-state index contributed by atoms with van der Waals surface area (Å²) in [5.74, 6) is -1.70. The molecule has 0 bridgehead atoms. The first kappa shape index (κ1) is 33.6. The van der Waals surface area contributed by atoms with Crippen LogP contribution in [0, 0.1) is 11.8 Å². The fraction of sp³-hybridized carbons (Fsp3) is 0.387. The summed E-state index contributed by atoms with van der Waals surface area (Å²) in [6.07, 6.45) is 1.52. The van der Waals surface area contributed by atoms with Crippen LogP contribution in [0.3, 0.4) is 0 Å². The molecule has 9 nitrogen and oxygen atoms in total. The van der Waals surface area contributed by atoms with E-state index in [4.69, 9.17) is 47.3 Å². The SMILES string of the molecule is COc1cc2sc(CC[C@H](C)C(=O)O)cc2c(Cl)c1OCCCOc1c(OC)cc2sc(C(=O)C[C@H](C)C(=O)O)cc2c1Cl. The molecule has 0 spiro atoms. The molecule has 236 valence electrons. The quantitative estimate of drug-likeness (QED) is 0.0886. The lowest BCUT2D eigenvalue weighted by Crippen LogP contribution is -2.13. The van der Waals surface area contributed by atoms with E-state index in [-0.39, 0.29) is 25.4 Å². The molecule has 44 heavy (non-hydrogen) atoms.